The number of anilines is 6. The van der Waals surface area contributed by atoms with E-state index < -0.39 is 30.0 Å². The Hall–Kier alpha value is -3.34. The van der Waals surface area contributed by atoms with Crippen LogP contribution in [0.1, 0.15) is 11.1 Å². The third-order valence-electron chi connectivity index (χ3n) is 7.14. The van der Waals surface area contributed by atoms with E-state index in [-0.39, 0.29) is 170 Å². The summed E-state index contributed by atoms with van der Waals surface area (Å²) in [6, 6.07) is 6.94. The van der Waals surface area contributed by atoms with Crippen molar-refractivity contribution < 1.29 is 115 Å². The van der Waals surface area contributed by atoms with Gasteiger partial charge < -0.3 is 59.4 Å². The van der Waals surface area contributed by atoms with Crippen molar-refractivity contribution in [3.8, 4) is 12.0 Å². The predicted molar refractivity (Wildman–Crippen MR) is 190 cm³/mol. The van der Waals surface area contributed by atoms with Crippen molar-refractivity contribution >= 4 is 67.6 Å². The van der Waals surface area contributed by atoms with Gasteiger partial charge in [0.2, 0.25) is 23.8 Å². The maximum atomic E-state index is 12.3. The fourth-order valence-corrected chi connectivity index (χ4v) is 6.14. The zero-order chi connectivity index (χ0) is 39.5. The number of hydrogen-bond donors (Lipinski definition) is 6. The van der Waals surface area contributed by atoms with Crippen molar-refractivity contribution in [3.63, 3.8) is 0 Å². The van der Waals surface area contributed by atoms with Crippen LogP contribution in [-0.4, -0.2) is 143 Å². The summed E-state index contributed by atoms with van der Waals surface area (Å²) in [6.07, 6.45) is 2.27. The largest absolute Gasteiger partial charge is 1.00 e. The third-order valence-corrected chi connectivity index (χ3v) is 8.92. The van der Waals surface area contributed by atoms with Gasteiger partial charge in [-0.25, -0.2) is 16.8 Å². The first-order valence-corrected chi connectivity index (χ1v) is 18.5. The molecule has 4 rings (SSSR count). The average Bonchev–Trinajstić information content (AvgIpc) is 3.13. The molecule has 0 aliphatic carbocycles. The van der Waals surface area contributed by atoms with Gasteiger partial charge in [0.1, 0.15) is 20.2 Å². The second-order valence-electron chi connectivity index (χ2n) is 10.8. The first-order chi connectivity index (χ1) is 25.7. The molecule has 2 heterocycles. The minimum Gasteiger partial charge on any atom is -0.744 e. The van der Waals surface area contributed by atoms with E-state index in [2.05, 4.69) is 40.5 Å². The summed E-state index contributed by atoms with van der Waals surface area (Å²) < 4.78 is 84.3. The molecule has 0 unspecified atom stereocenters. The molecule has 0 radical (unpaired) electrons. The minimum absolute atomic E-state index is 0. The summed E-state index contributed by atoms with van der Waals surface area (Å²) in [5.74, 6) is -0.216. The normalized spacial score (nSPS) is 11.4. The Balaban J connectivity index is 0.00000541. The van der Waals surface area contributed by atoms with Crippen molar-refractivity contribution in [2.75, 3.05) is 87.3 Å². The Morgan fingerprint density at radius 2 is 0.946 bits per heavy atom. The van der Waals surface area contributed by atoms with Gasteiger partial charge in [0.05, 0.1) is 50.4 Å². The van der Waals surface area contributed by atoms with Crippen LogP contribution < -0.4 is 89.0 Å². The molecule has 0 saturated heterocycles. The van der Waals surface area contributed by atoms with Crippen molar-refractivity contribution in [3.05, 3.63) is 47.5 Å². The number of nitrogens with one attached hydrogen (secondary N) is 2. The molecule has 26 heteroatoms. The molecule has 0 aliphatic heterocycles. The molecule has 22 nitrogen and oxygen atoms in total. The quantitative estimate of drug-likeness (QED) is 0.0274. The van der Waals surface area contributed by atoms with Crippen LogP contribution in [0.5, 0.6) is 12.0 Å². The average molecular weight is 839 g/mol. The fourth-order valence-electron chi connectivity index (χ4n) is 4.75. The third kappa shape index (κ3) is 13.7. The summed E-state index contributed by atoms with van der Waals surface area (Å²) in [4.78, 5) is 26.2. The summed E-state index contributed by atoms with van der Waals surface area (Å²) in [6.45, 7) is -0.878. The molecule has 0 atom stereocenters. The molecule has 6 N–H and O–H groups in total. The number of aliphatic hydroxyl groups is 4. The van der Waals surface area contributed by atoms with Crippen LogP contribution in [0.15, 0.2) is 46.2 Å². The van der Waals surface area contributed by atoms with E-state index in [9.17, 15) is 46.4 Å². The zero-order valence-corrected chi connectivity index (χ0v) is 36.4. The molecule has 0 saturated carbocycles. The van der Waals surface area contributed by atoms with E-state index in [4.69, 9.17) is 9.47 Å². The van der Waals surface area contributed by atoms with Gasteiger partial charge in [-0.15, -0.1) is 0 Å². The minimum atomic E-state index is -5.14. The van der Waals surface area contributed by atoms with Gasteiger partial charge in [0, 0.05) is 37.6 Å². The van der Waals surface area contributed by atoms with Crippen LogP contribution in [0.2, 0.25) is 0 Å². The predicted octanol–water partition coefficient (Wildman–Crippen LogP) is -6.87. The van der Waals surface area contributed by atoms with E-state index in [1.54, 1.807) is 0 Å². The molecule has 4 aromatic rings. The fraction of sp³-hybridized carbons (Fsp3) is 0.333. The van der Waals surface area contributed by atoms with Crippen LogP contribution in [-0.2, 0) is 20.2 Å². The Bertz CT molecular complexity index is 2010. The van der Waals surface area contributed by atoms with Gasteiger partial charge in [0.25, 0.3) is 0 Å². The van der Waals surface area contributed by atoms with Gasteiger partial charge in [-0.1, -0.05) is 24.3 Å². The maximum Gasteiger partial charge on any atom is 1.00 e. The summed E-state index contributed by atoms with van der Waals surface area (Å²) >= 11 is 0. The molecule has 0 amide bonds. The van der Waals surface area contributed by atoms with Gasteiger partial charge in [-0.2, -0.15) is 29.9 Å². The first-order valence-electron chi connectivity index (χ1n) is 15.7. The van der Waals surface area contributed by atoms with Crippen molar-refractivity contribution in [2.24, 2.45) is 0 Å². The molecule has 292 valence electrons. The number of aromatic nitrogens is 6. The van der Waals surface area contributed by atoms with E-state index in [1.165, 1.54) is 48.3 Å². The molecule has 0 fully saturated rings. The molecule has 0 bridgehead atoms. The standard InChI is InChI=1S/C30H38N10O12S2.2Na/c1-51-29-35-25(33-27(37-29)39(9-13-41)10-14-42)31-21-7-5-19(23(17-21)53(45,46)47)3-4-20-6-8-22(18-24(20)54(48,49)50)32-26-34-28(38-30(36-26)52-2)40(11-15-43)12-16-44;;/h3-8,17-18,41-44H,9-16H2,1-2H3,(H,45,46,47)(H,48,49,50)(H,31,33,35,37)(H,32,34,36,38);;/q;2*+1/p-2. The van der Waals surface area contributed by atoms with Gasteiger partial charge in [-0.05, 0) is 35.4 Å². The number of ether oxygens (including phenoxy) is 2. The van der Waals surface area contributed by atoms with E-state index in [0.29, 0.717) is 0 Å². The molecule has 0 spiro atoms. The van der Waals surface area contributed by atoms with Crippen LogP contribution in [0, 0.1) is 0 Å². The second-order valence-corrected chi connectivity index (χ2v) is 13.5. The van der Waals surface area contributed by atoms with Gasteiger partial charge in [0.15, 0.2) is 0 Å². The molecular weight excluding hydrogens is 803 g/mol. The summed E-state index contributed by atoms with van der Waals surface area (Å²) in [7, 11) is -7.69. The Morgan fingerprint density at radius 3 is 1.23 bits per heavy atom. The number of hydrogen-bond acceptors (Lipinski definition) is 22. The maximum absolute atomic E-state index is 12.3. The SMILES string of the molecule is COc1nc(Nc2ccc(C=Cc3ccc(Nc4nc(OC)nc(N(CCO)CCO)n4)cc3S(=O)(=O)[O-])c(S(=O)(=O)[O-])c2)nc(N(CCO)CCO)n1.[Na+].[Na+]. The molecular formula is C30H36N10Na2O12S2. The second kappa shape index (κ2) is 22.6. The molecule has 56 heavy (non-hydrogen) atoms. The Labute approximate surface area is 366 Å². The first kappa shape index (κ1) is 48.8. The Kier molecular flexibility index (Phi) is 19.7. The summed E-state index contributed by atoms with van der Waals surface area (Å²) in [5.41, 5.74) is -0.219. The Morgan fingerprint density at radius 1 is 0.607 bits per heavy atom. The number of benzene rings is 2. The van der Waals surface area contributed by atoms with E-state index in [0.717, 1.165) is 24.3 Å². The monoisotopic (exact) mass is 838 g/mol. The zero-order valence-electron chi connectivity index (χ0n) is 30.7. The smallest absolute Gasteiger partial charge is 0.744 e. The van der Waals surface area contributed by atoms with E-state index >= 15 is 0 Å². The van der Waals surface area contributed by atoms with Crippen LogP contribution in [0.25, 0.3) is 12.2 Å². The van der Waals surface area contributed by atoms with Crippen molar-refractivity contribution in [1.29, 1.82) is 0 Å². The van der Waals surface area contributed by atoms with Crippen LogP contribution in [0.3, 0.4) is 0 Å². The number of methoxy groups -OCH3 is 2. The van der Waals surface area contributed by atoms with Crippen molar-refractivity contribution in [1.82, 2.24) is 29.9 Å². The number of rotatable bonds is 20. The van der Waals surface area contributed by atoms with Gasteiger partial charge >= 0.3 is 71.1 Å². The van der Waals surface area contributed by atoms with Crippen LogP contribution >= 0.6 is 0 Å². The number of aliphatic hydroxyl groups excluding tert-OH is 4. The molecule has 0 aliphatic rings. The van der Waals surface area contributed by atoms with Crippen molar-refractivity contribution in [2.45, 2.75) is 9.79 Å². The topological polar surface area (TPSA) is 322 Å². The van der Waals surface area contributed by atoms with Crippen LogP contribution in [0.4, 0.5) is 35.2 Å². The van der Waals surface area contributed by atoms with E-state index in [1.807, 2.05) is 0 Å². The summed E-state index contributed by atoms with van der Waals surface area (Å²) in [5, 5.41) is 43.1. The molecule has 2 aromatic heterocycles. The molecule has 2 aromatic carbocycles. The number of nitrogens with zero attached hydrogens (tertiary/aromatic N) is 8. The van der Waals surface area contributed by atoms with Gasteiger partial charge in [-0.3, -0.25) is 0 Å².